The summed E-state index contributed by atoms with van der Waals surface area (Å²) in [5.41, 5.74) is 4.43. The van der Waals surface area contributed by atoms with Crippen molar-refractivity contribution in [3.8, 4) is 0 Å². The molecule has 3 aliphatic rings. The van der Waals surface area contributed by atoms with Gasteiger partial charge in [-0.05, 0) is 30.9 Å². The second-order valence-electron chi connectivity index (χ2n) is 8.24. The zero-order valence-electron chi connectivity index (χ0n) is 16.5. The first-order valence-electron chi connectivity index (χ1n) is 10.2. The normalized spacial score (nSPS) is 24.2. The lowest BCUT2D eigenvalue weighted by atomic mass is 9.62. The number of para-hydroxylation sites is 1. The fraction of sp³-hybridized carbons (Fsp3) is 0.208. The third-order valence-electron chi connectivity index (χ3n) is 6.62. The van der Waals surface area contributed by atoms with Crippen LogP contribution in [0.1, 0.15) is 41.1 Å². The molecule has 0 saturated heterocycles. The van der Waals surface area contributed by atoms with Gasteiger partial charge in [-0.2, -0.15) is 5.10 Å². The van der Waals surface area contributed by atoms with Crippen molar-refractivity contribution in [1.82, 2.24) is 10.2 Å². The maximum atomic E-state index is 13.7. The molecule has 0 bridgehead atoms. The molecule has 3 N–H and O–H groups in total. The molecule has 1 aliphatic carbocycles. The highest BCUT2D eigenvalue weighted by atomic mass is 16.2. The van der Waals surface area contributed by atoms with E-state index in [9.17, 15) is 9.59 Å². The molecule has 2 aromatic carbocycles. The number of hydrogen-bond donors (Lipinski definition) is 3. The first-order chi connectivity index (χ1) is 14.6. The van der Waals surface area contributed by atoms with Gasteiger partial charge in [0.1, 0.15) is 5.41 Å². The third kappa shape index (κ3) is 2.05. The number of hydrogen-bond acceptors (Lipinski definition) is 4. The lowest BCUT2D eigenvalue weighted by molar-refractivity contribution is -0.122. The van der Waals surface area contributed by atoms with Gasteiger partial charge in [-0.1, -0.05) is 48.5 Å². The summed E-state index contributed by atoms with van der Waals surface area (Å²) in [6.07, 6.45) is 1.04. The topological polar surface area (TPSA) is 86.9 Å². The second-order valence-corrected chi connectivity index (χ2v) is 8.24. The van der Waals surface area contributed by atoms with Gasteiger partial charge in [-0.3, -0.25) is 14.7 Å². The average Bonchev–Trinajstić information content (AvgIpc) is 3.26. The van der Waals surface area contributed by atoms with Crippen molar-refractivity contribution >= 4 is 23.2 Å². The van der Waals surface area contributed by atoms with Crippen LogP contribution in [0.5, 0.6) is 0 Å². The van der Waals surface area contributed by atoms with Crippen molar-refractivity contribution in [3.05, 3.63) is 88.3 Å². The van der Waals surface area contributed by atoms with Crippen LogP contribution in [0.2, 0.25) is 0 Å². The minimum absolute atomic E-state index is 0.00991. The number of benzene rings is 2. The fourth-order valence-electron chi connectivity index (χ4n) is 5.42. The van der Waals surface area contributed by atoms with Crippen molar-refractivity contribution in [1.29, 1.82) is 0 Å². The van der Waals surface area contributed by atoms with Gasteiger partial charge in [-0.15, -0.1) is 0 Å². The number of fused-ring (bicyclic) bond motifs is 5. The summed E-state index contributed by atoms with van der Waals surface area (Å²) in [5, 5.41) is 13.9. The van der Waals surface area contributed by atoms with E-state index in [-0.39, 0.29) is 17.6 Å². The maximum absolute atomic E-state index is 13.7. The molecule has 2 unspecified atom stereocenters. The largest absolute Gasteiger partial charge is 0.342 e. The highest BCUT2D eigenvalue weighted by Gasteiger charge is 2.59. The first-order valence-corrected chi connectivity index (χ1v) is 10.2. The molecule has 3 heterocycles. The Kier molecular flexibility index (Phi) is 3.40. The number of carbonyl (C=O) groups excluding carboxylic acids is 2. The Hall–Kier alpha value is -3.67. The molecule has 3 aromatic rings. The Morgan fingerprint density at radius 3 is 2.57 bits per heavy atom. The summed E-state index contributed by atoms with van der Waals surface area (Å²) in [6.45, 7) is 1.90. The molecule has 0 radical (unpaired) electrons. The van der Waals surface area contributed by atoms with Crippen LogP contribution >= 0.6 is 0 Å². The lowest BCUT2D eigenvalue weighted by Gasteiger charge is -2.40. The number of aryl methyl sites for hydroxylation is 1. The number of aromatic amines is 1. The van der Waals surface area contributed by atoms with Crippen molar-refractivity contribution in [2.75, 3.05) is 10.6 Å². The number of amides is 1. The number of H-pyrrole nitrogens is 1. The van der Waals surface area contributed by atoms with Gasteiger partial charge >= 0.3 is 0 Å². The van der Waals surface area contributed by atoms with Crippen LogP contribution in [0.25, 0.3) is 0 Å². The van der Waals surface area contributed by atoms with E-state index < -0.39 is 5.41 Å². The maximum Gasteiger partial charge on any atom is 0.244 e. The number of ketones is 1. The monoisotopic (exact) mass is 396 g/mol. The molecule has 0 fully saturated rings. The summed E-state index contributed by atoms with van der Waals surface area (Å²) < 4.78 is 0. The molecule has 1 amide bonds. The minimum atomic E-state index is -1.16. The summed E-state index contributed by atoms with van der Waals surface area (Å²) in [4.78, 5) is 27.3. The molecule has 1 aromatic heterocycles. The van der Waals surface area contributed by atoms with E-state index in [1.165, 1.54) is 0 Å². The van der Waals surface area contributed by atoms with Crippen molar-refractivity contribution in [2.24, 2.45) is 0 Å². The van der Waals surface area contributed by atoms with Gasteiger partial charge in [0.05, 0.1) is 0 Å². The van der Waals surface area contributed by atoms with Gasteiger partial charge in [-0.25, -0.2) is 0 Å². The van der Waals surface area contributed by atoms with Crippen molar-refractivity contribution < 1.29 is 9.59 Å². The molecule has 1 spiro atoms. The first kappa shape index (κ1) is 17.2. The molecule has 2 atom stereocenters. The molecule has 0 saturated carbocycles. The predicted octanol–water partition coefficient (Wildman–Crippen LogP) is 3.78. The number of nitrogens with zero attached hydrogens (tertiary/aromatic N) is 1. The van der Waals surface area contributed by atoms with Gasteiger partial charge in [0.15, 0.2) is 11.6 Å². The number of rotatable bonds is 1. The zero-order valence-corrected chi connectivity index (χ0v) is 16.5. The van der Waals surface area contributed by atoms with E-state index in [1.54, 1.807) is 0 Å². The second kappa shape index (κ2) is 5.92. The highest BCUT2D eigenvalue weighted by molar-refractivity contribution is 6.20. The van der Waals surface area contributed by atoms with E-state index in [0.717, 1.165) is 33.8 Å². The number of anilines is 2. The number of nitrogens with one attached hydrogen (secondary N) is 3. The van der Waals surface area contributed by atoms with Crippen LogP contribution in [0.15, 0.2) is 65.9 Å². The summed E-state index contributed by atoms with van der Waals surface area (Å²) in [6, 6.07) is 17.7. The van der Waals surface area contributed by atoms with Crippen LogP contribution in [0, 0.1) is 6.92 Å². The van der Waals surface area contributed by atoms with Gasteiger partial charge in [0, 0.05) is 40.2 Å². The molecule has 2 aliphatic heterocycles. The highest BCUT2D eigenvalue weighted by Crippen LogP contribution is 2.56. The molecule has 148 valence electrons. The molecular weight excluding hydrogens is 376 g/mol. The van der Waals surface area contributed by atoms with E-state index in [2.05, 4.69) is 33.0 Å². The van der Waals surface area contributed by atoms with Gasteiger partial charge < -0.3 is 10.6 Å². The molecule has 6 rings (SSSR count). The van der Waals surface area contributed by atoms with Crippen LogP contribution in [0.3, 0.4) is 0 Å². The molecule has 30 heavy (non-hydrogen) atoms. The number of allylic oxidation sites excluding steroid dienone is 1. The lowest BCUT2D eigenvalue weighted by Crippen LogP contribution is -2.46. The van der Waals surface area contributed by atoms with Gasteiger partial charge in [0.25, 0.3) is 0 Å². The zero-order chi connectivity index (χ0) is 20.5. The average molecular weight is 396 g/mol. The number of Topliss-reactive ketones (excluding diaryl/α,β-unsaturated/α-hetero) is 1. The fourth-order valence-corrected chi connectivity index (χ4v) is 5.42. The van der Waals surface area contributed by atoms with Crippen molar-refractivity contribution in [2.45, 2.75) is 31.1 Å². The molecule has 6 heteroatoms. The quantitative estimate of drug-likeness (QED) is 0.584. The molecular formula is C24H20N4O2. The summed E-state index contributed by atoms with van der Waals surface area (Å²) >= 11 is 0. The standard InChI is InChI=1S/C24H20N4O2/c1-13-20-22(28-27-13)25-18-11-15(14-7-3-2-4-8-14)12-19(29)21(18)24(20)16-9-5-6-10-17(16)26-23(24)30/h2-10,15H,11-12H2,1H3,(H,26,30)(H2,25,27,28). The minimum Gasteiger partial charge on any atom is -0.342 e. The van der Waals surface area contributed by atoms with Crippen LogP contribution < -0.4 is 10.6 Å². The van der Waals surface area contributed by atoms with E-state index >= 15 is 0 Å². The molecule has 6 nitrogen and oxygen atoms in total. The number of aromatic nitrogens is 2. The van der Waals surface area contributed by atoms with Crippen LogP contribution in [-0.4, -0.2) is 21.9 Å². The van der Waals surface area contributed by atoms with E-state index in [0.29, 0.717) is 24.2 Å². The summed E-state index contributed by atoms with van der Waals surface area (Å²) in [7, 11) is 0. The Labute approximate surface area is 173 Å². The van der Waals surface area contributed by atoms with Crippen molar-refractivity contribution in [3.63, 3.8) is 0 Å². The Morgan fingerprint density at radius 2 is 1.73 bits per heavy atom. The Balaban J connectivity index is 1.61. The number of carbonyl (C=O) groups is 2. The SMILES string of the molecule is Cc1[nH]nc2c1C1(C(=O)Nc3ccccc31)C1=C(CC(c3ccccc3)CC1=O)N2. The summed E-state index contributed by atoms with van der Waals surface area (Å²) in [5.74, 6) is 0.522. The Bertz CT molecular complexity index is 1260. The van der Waals surface area contributed by atoms with Gasteiger partial charge in [0.2, 0.25) is 5.91 Å². The van der Waals surface area contributed by atoms with E-state index in [1.807, 2.05) is 49.4 Å². The van der Waals surface area contributed by atoms with Crippen LogP contribution in [-0.2, 0) is 15.0 Å². The smallest absolute Gasteiger partial charge is 0.244 e. The Morgan fingerprint density at radius 1 is 0.967 bits per heavy atom. The van der Waals surface area contributed by atoms with E-state index in [4.69, 9.17) is 0 Å². The predicted molar refractivity (Wildman–Crippen MR) is 113 cm³/mol. The third-order valence-corrected chi connectivity index (χ3v) is 6.62. The van der Waals surface area contributed by atoms with Crippen LogP contribution in [0.4, 0.5) is 11.5 Å².